The van der Waals surface area contributed by atoms with Crippen LogP contribution in [0.15, 0.2) is 199 Å². The summed E-state index contributed by atoms with van der Waals surface area (Å²) in [5.74, 6) is 0. The highest BCUT2D eigenvalue weighted by Gasteiger charge is 2.44. The second-order valence-electron chi connectivity index (χ2n) is 19.8. The molecule has 0 amide bonds. The Bertz CT molecular complexity index is 4110. The van der Waals surface area contributed by atoms with E-state index in [1.807, 2.05) is 0 Å². The maximum atomic E-state index is 6.91. The molecule has 2 aromatic heterocycles. The molecular weight excluding hydrogens is 812 g/mol. The van der Waals surface area contributed by atoms with Crippen molar-refractivity contribution in [3.05, 3.63) is 206 Å². The zero-order valence-electron chi connectivity index (χ0n) is 38.0. The van der Waals surface area contributed by atoms with Crippen LogP contribution in [0.25, 0.3) is 104 Å². The van der Waals surface area contributed by atoms with Crippen molar-refractivity contribution in [3.63, 3.8) is 0 Å². The number of hydrogen-bond donors (Lipinski definition) is 0. The first-order chi connectivity index (χ1) is 32.7. The number of para-hydroxylation sites is 2. The van der Waals surface area contributed by atoms with Crippen LogP contribution in [-0.4, -0.2) is 11.3 Å². The van der Waals surface area contributed by atoms with Crippen LogP contribution in [0.1, 0.15) is 38.8 Å². The van der Waals surface area contributed by atoms with Gasteiger partial charge in [-0.25, -0.2) is 0 Å². The van der Waals surface area contributed by atoms with Crippen molar-refractivity contribution >= 4 is 106 Å². The molecule has 0 aliphatic carbocycles. The summed E-state index contributed by atoms with van der Waals surface area (Å²) < 4.78 is 9.57. The van der Waals surface area contributed by atoms with E-state index in [1.165, 1.54) is 105 Å². The number of benzene rings is 10. The molecule has 4 heterocycles. The van der Waals surface area contributed by atoms with Gasteiger partial charge in [0.1, 0.15) is 11.2 Å². The molecule has 0 atom stereocenters. The average Bonchev–Trinajstić information content (AvgIpc) is 3.90. The lowest BCUT2D eigenvalue weighted by Gasteiger charge is -2.41. The molecule has 0 bridgehead atoms. The minimum atomic E-state index is -0.153. The monoisotopic (exact) mass is 856 g/mol. The van der Waals surface area contributed by atoms with E-state index in [1.54, 1.807) is 0 Å². The predicted octanol–water partition coefficient (Wildman–Crippen LogP) is 16.1. The van der Waals surface area contributed by atoms with Crippen LogP contribution in [0, 0.1) is 0 Å². The molecule has 10 aromatic carbocycles. The Balaban J connectivity index is 1.21. The number of hydrogen-bond acceptors (Lipinski definition) is 2. The Kier molecular flexibility index (Phi) is 7.83. The van der Waals surface area contributed by atoms with Crippen LogP contribution in [0.2, 0.25) is 0 Å². The van der Waals surface area contributed by atoms with E-state index >= 15 is 0 Å². The highest BCUT2D eigenvalue weighted by Crippen LogP contribution is 2.51. The first-order valence-corrected chi connectivity index (χ1v) is 23.5. The molecule has 0 saturated carbocycles. The van der Waals surface area contributed by atoms with Crippen molar-refractivity contribution in [3.8, 4) is 33.4 Å². The fourth-order valence-electron chi connectivity index (χ4n) is 11.8. The summed E-state index contributed by atoms with van der Waals surface area (Å²) >= 11 is 0. The lowest BCUT2D eigenvalue weighted by Crippen LogP contribution is -2.56. The summed E-state index contributed by atoms with van der Waals surface area (Å²) in [6.07, 6.45) is 0. The largest absolute Gasteiger partial charge is 0.455 e. The first kappa shape index (κ1) is 38.2. The van der Waals surface area contributed by atoms with Gasteiger partial charge in [-0.2, -0.15) is 0 Å². The molecule has 3 nitrogen and oxygen atoms in total. The number of anilines is 3. The highest BCUT2D eigenvalue weighted by molar-refractivity contribution is 6.90. The van der Waals surface area contributed by atoms with Crippen molar-refractivity contribution in [2.24, 2.45) is 0 Å². The maximum absolute atomic E-state index is 6.91. The van der Waals surface area contributed by atoms with Gasteiger partial charge in [0.25, 0.3) is 0 Å². The Morgan fingerprint density at radius 3 is 1.85 bits per heavy atom. The third kappa shape index (κ3) is 5.30. The summed E-state index contributed by atoms with van der Waals surface area (Å²) in [6, 6.07) is 70.1. The second kappa shape index (κ2) is 13.7. The van der Waals surface area contributed by atoms with Crippen LogP contribution in [0.3, 0.4) is 0 Å². The summed E-state index contributed by atoms with van der Waals surface area (Å²) in [4.78, 5) is 2.58. The molecule has 0 unspecified atom stereocenters. The summed E-state index contributed by atoms with van der Waals surface area (Å²) in [5.41, 5.74) is 21.1. The Hall–Kier alpha value is -8.08. The normalized spacial score (nSPS) is 13.1. The van der Waals surface area contributed by atoms with E-state index in [4.69, 9.17) is 4.42 Å². The molecule has 316 valence electrons. The van der Waals surface area contributed by atoms with Gasteiger partial charge in [-0.15, -0.1) is 0 Å². The van der Waals surface area contributed by atoms with Gasteiger partial charge in [0.15, 0.2) is 0 Å². The number of furan rings is 1. The molecule has 0 N–H and O–H groups in total. The third-order valence-corrected chi connectivity index (χ3v) is 14.8. The van der Waals surface area contributed by atoms with Crippen LogP contribution < -0.4 is 15.8 Å². The Morgan fingerprint density at radius 2 is 1.16 bits per heavy atom. The van der Waals surface area contributed by atoms with Gasteiger partial charge in [0.05, 0.1) is 5.39 Å². The van der Waals surface area contributed by atoms with Crippen molar-refractivity contribution in [1.82, 2.24) is 4.48 Å². The van der Waals surface area contributed by atoms with Gasteiger partial charge in [0.2, 0.25) is 0 Å². The quantitative estimate of drug-likeness (QED) is 0.130. The summed E-state index contributed by atoms with van der Waals surface area (Å²) in [6.45, 7) is 13.4. The smallest absolute Gasteiger partial charge is 0.333 e. The molecule has 0 fully saturated rings. The van der Waals surface area contributed by atoms with Crippen LogP contribution in [0.4, 0.5) is 17.1 Å². The molecule has 0 radical (unpaired) electrons. The van der Waals surface area contributed by atoms with E-state index in [-0.39, 0.29) is 12.3 Å². The molecule has 67 heavy (non-hydrogen) atoms. The number of nitrogens with zero attached hydrogens (tertiary/aromatic N) is 2. The zero-order chi connectivity index (χ0) is 44.9. The number of rotatable bonds is 4. The molecule has 12 aromatic rings. The zero-order valence-corrected chi connectivity index (χ0v) is 38.0. The van der Waals surface area contributed by atoms with E-state index in [0.717, 1.165) is 38.8 Å². The molecular formula is C63H45BN2O. The van der Waals surface area contributed by atoms with Gasteiger partial charge in [-0.1, -0.05) is 179 Å². The summed E-state index contributed by atoms with van der Waals surface area (Å²) in [7, 11) is 0. The SMILES string of the molecule is C=C(C)c1cc(N2c3cc4c(-c5ccccc5)c5ccccc5c(-c5ccccc5)c4cc3B3c4c(cccc42)-c2cc4c5ccccc5oc4c4c5ccccc5n3c24)cc(C(C)(C)C)c1. The average molecular weight is 857 g/mol. The van der Waals surface area contributed by atoms with E-state index < -0.39 is 0 Å². The summed E-state index contributed by atoms with van der Waals surface area (Å²) in [5, 5.41) is 9.60. The van der Waals surface area contributed by atoms with Gasteiger partial charge in [-0.3, -0.25) is 0 Å². The van der Waals surface area contributed by atoms with Crippen LogP contribution in [-0.2, 0) is 5.41 Å². The standard InChI is InChI=1S/C63H45BN2O/c1-37(2)40-31-41(63(3,4)5)33-42(32-40)65-54-29-18-27-46-50-34-51-43-23-15-17-30-56(43)67-62(51)59-47-26-14-16-28-53(47)66(61(50)59)64(60(46)54)52-35-48-49(36-55(52)65)58(39-21-10-7-11-22-39)45-25-13-12-24-44(45)57(48)38-19-8-6-9-20-38/h6-36H,1H2,2-5H3. The minimum absolute atomic E-state index is 0.0990. The number of fused-ring (bicyclic) bond motifs is 13. The minimum Gasteiger partial charge on any atom is -0.455 e. The lowest BCUT2D eigenvalue weighted by molar-refractivity contribution is 0.590. The third-order valence-electron chi connectivity index (χ3n) is 14.8. The van der Waals surface area contributed by atoms with Crippen molar-refractivity contribution < 1.29 is 4.42 Å². The second-order valence-corrected chi connectivity index (χ2v) is 19.8. The Morgan fingerprint density at radius 1 is 0.537 bits per heavy atom. The van der Waals surface area contributed by atoms with E-state index in [0.29, 0.717) is 0 Å². The highest BCUT2D eigenvalue weighted by atomic mass is 16.3. The molecule has 2 aliphatic heterocycles. The lowest BCUT2D eigenvalue weighted by atomic mass is 9.45. The maximum Gasteiger partial charge on any atom is 0.333 e. The fraction of sp³-hybridized carbons (Fsp3) is 0.0794. The molecule has 4 heteroatoms. The van der Waals surface area contributed by atoms with Gasteiger partial charge in [-0.05, 0) is 126 Å². The van der Waals surface area contributed by atoms with Gasteiger partial charge >= 0.3 is 6.85 Å². The van der Waals surface area contributed by atoms with Crippen molar-refractivity contribution in [2.75, 3.05) is 4.90 Å². The number of allylic oxidation sites excluding steroid dienone is 1. The van der Waals surface area contributed by atoms with Crippen molar-refractivity contribution in [2.45, 2.75) is 33.1 Å². The number of aromatic nitrogens is 1. The molecule has 0 spiro atoms. The van der Waals surface area contributed by atoms with E-state index in [2.05, 4.69) is 232 Å². The fourth-order valence-corrected chi connectivity index (χ4v) is 11.8. The van der Waals surface area contributed by atoms with Gasteiger partial charge < -0.3 is 13.8 Å². The van der Waals surface area contributed by atoms with Crippen LogP contribution >= 0.6 is 0 Å². The van der Waals surface area contributed by atoms with Gasteiger partial charge in [0, 0.05) is 49.8 Å². The van der Waals surface area contributed by atoms with Crippen LogP contribution in [0.5, 0.6) is 0 Å². The van der Waals surface area contributed by atoms with E-state index in [9.17, 15) is 0 Å². The molecule has 14 rings (SSSR count). The van der Waals surface area contributed by atoms with Crippen molar-refractivity contribution in [1.29, 1.82) is 0 Å². The Labute approximate surface area is 389 Å². The first-order valence-electron chi connectivity index (χ1n) is 23.5. The predicted molar refractivity (Wildman–Crippen MR) is 287 cm³/mol. The molecule has 2 aliphatic rings. The molecule has 0 saturated heterocycles. The topological polar surface area (TPSA) is 21.3 Å².